The first-order chi connectivity index (χ1) is 14.1. The number of rotatable bonds is 4. The van der Waals surface area contributed by atoms with Crippen LogP contribution in [0.3, 0.4) is 0 Å². The summed E-state index contributed by atoms with van der Waals surface area (Å²) in [7, 11) is 1.78. The largest absolute Gasteiger partial charge is 0.373 e. The first-order valence-corrected chi connectivity index (χ1v) is 9.47. The molecule has 2 aromatic heterocycles. The maximum absolute atomic E-state index is 13.1. The van der Waals surface area contributed by atoms with E-state index < -0.39 is 0 Å². The number of nitrogens with zero attached hydrogens (tertiary/aromatic N) is 3. The highest BCUT2D eigenvalue weighted by atomic mass is 19.1. The van der Waals surface area contributed by atoms with Crippen LogP contribution in [0.4, 0.5) is 15.0 Å². The molecule has 8 heteroatoms. The molecule has 7 nitrogen and oxygen atoms in total. The molecule has 2 amide bonds. The van der Waals surface area contributed by atoms with Crippen LogP contribution in [0, 0.1) is 5.82 Å². The number of amides is 2. The van der Waals surface area contributed by atoms with Crippen molar-refractivity contribution < 1.29 is 13.9 Å². The van der Waals surface area contributed by atoms with Crippen molar-refractivity contribution in [3.05, 3.63) is 66.2 Å². The topological polar surface area (TPSA) is 81.1 Å². The number of halogens is 1. The molecule has 2 N–H and O–H groups in total. The van der Waals surface area contributed by atoms with Crippen LogP contribution in [0.25, 0.3) is 11.3 Å². The standard InChI is InChI=1S/C21H22FN5O2/c1-27-18(14-2-4-16(22)5-3-14)13-20(26-27)25-21(28)24-17-8-11-29-19(12-17)15-6-9-23-10-7-15/h2-7,9-10,13,17,19H,8,11-12H2,1H3,(H2,24,25,26,28). The zero-order valence-electron chi connectivity index (χ0n) is 16.0. The Morgan fingerprint density at radius 3 is 2.72 bits per heavy atom. The summed E-state index contributed by atoms with van der Waals surface area (Å²) in [5, 5.41) is 10.1. The van der Waals surface area contributed by atoms with Crippen molar-refractivity contribution in [3.63, 3.8) is 0 Å². The molecule has 0 spiro atoms. The molecule has 2 unspecified atom stereocenters. The second-order valence-electron chi connectivity index (χ2n) is 7.01. The molecule has 3 aromatic rings. The van der Waals surface area contributed by atoms with Crippen LogP contribution in [0.15, 0.2) is 54.9 Å². The fraction of sp³-hybridized carbons (Fsp3) is 0.286. The molecule has 29 heavy (non-hydrogen) atoms. The molecule has 1 fully saturated rings. The van der Waals surface area contributed by atoms with Crippen LogP contribution in [-0.4, -0.2) is 33.4 Å². The molecule has 150 valence electrons. The maximum atomic E-state index is 13.1. The number of urea groups is 1. The third-order valence-electron chi connectivity index (χ3n) is 4.96. The number of aryl methyl sites for hydroxylation is 1. The van der Waals surface area contributed by atoms with Gasteiger partial charge < -0.3 is 10.1 Å². The van der Waals surface area contributed by atoms with Gasteiger partial charge in [-0.25, -0.2) is 9.18 Å². The SMILES string of the molecule is Cn1nc(NC(=O)NC2CCOC(c3ccncc3)C2)cc1-c1ccc(F)cc1. The first-order valence-electron chi connectivity index (χ1n) is 9.47. The Kier molecular flexibility index (Phi) is 5.53. The van der Waals surface area contributed by atoms with Crippen LogP contribution >= 0.6 is 0 Å². The molecule has 0 saturated carbocycles. The highest BCUT2D eigenvalue weighted by Crippen LogP contribution is 2.28. The molecule has 0 bridgehead atoms. The van der Waals surface area contributed by atoms with Gasteiger partial charge in [-0.2, -0.15) is 5.10 Å². The fourth-order valence-electron chi connectivity index (χ4n) is 3.50. The quantitative estimate of drug-likeness (QED) is 0.706. The molecule has 4 rings (SSSR count). The lowest BCUT2D eigenvalue weighted by Crippen LogP contribution is -2.42. The third-order valence-corrected chi connectivity index (χ3v) is 4.96. The van der Waals surface area contributed by atoms with Crippen LogP contribution in [0.5, 0.6) is 0 Å². The summed E-state index contributed by atoms with van der Waals surface area (Å²) >= 11 is 0. The monoisotopic (exact) mass is 395 g/mol. The number of carbonyl (C=O) groups is 1. The Morgan fingerprint density at radius 1 is 1.21 bits per heavy atom. The van der Waals surface area contributed by atoms with Gasteiger partial charge in [-0.3, -0.25) is 15.0 Å². The van der Waals surface area contributed by atoms with E-state index in [1.807, 2.05) is 12.1 Å². The van der Waals surface area contributed by atoms with Gasteiger partial charge in [-0.15, -0.1) is 0 Å². The van der Waals surface area contributed by atoms with Crippen molar-refractivity contribution in [2.24, 2.45) is 7.05 Å². The highest BCUT2D eigenvalue weighted by Gasteiger charge is 2.25. The lowest BCUT2D eigenvalue weighted by molar-refractivity contribution is 0.00249. The van der Waals surface area contributed by atoms with E-state index in [1.165, 1.54) is 12.1 Å². The molecule has 1 saturated heterocycles. The molecule has 0 radical (unpaired) electrons. The number of hydrogen-bond donors (Lipinski definition) is 2. The molecule has 1 aliphatic rings. The van der Waals surface area contributed by atoms with Gasteiger partial charge in [0, 0.05) is 43.7 Å². The van der Waals surface area contributed by atoms with Crippen molar-refractivity contribution in [2.75, 3.05) is 11.9 Å². The van der Waals surface area contributed by atoms with Crippen molar-refractivity contribution in [1.82, 2.24) is 20.1 Å². The molecule has 2 atom stereocenters. The van der Waals surface area contributed by atoms with E-state index in [-0.39, 0.29) is 24.0 Å². The van der Waals surface area contributed by atoms with Crippen LogP contribution in [-0.2, 0) is 11.8 Å². The number of aromatic nitrogens is 3. The molecule has 1 aromatic carbocycles. The van der Waals surface area contributed by atoms with Gasteiger partial charge in [0.15, 0.2) is 5.82 Å². The zero-order valence-corrected chi connectivity index (χ0v) is 16.0. The normalized spacial score (nSPS) is 19.0. The Morgan fingerprint density at radius 2 is 1.97 bits per heavy atom. The van der Waals surface area contributed by atoms with E-state index in [2.05, 4.69) is 20.7 Å². The average molecular weight is 395 g/mol. The molecule has 0 aliphatic carbocycles. The summed E-state index contributed by atoms with van der Waals surface area (Å²) in [6, 6.07) is 11.5. The number of nitrogens with one attached hydrogen (secondary N) is 2. The first kappa shape index (κ1) is 19.1. The smallest absolute Gasteiger partial charge is 0.320 e. The summed E-state index contributed by atoms with van der Waals surface area (Å²) in [5.74, 6) is 0.136. The van der Waals surface area contributed by atoms with Crippen LogP contribution < -0.4 is 10.6 Å². The van der Waals surface area contributed by atoms with Crippen molar-refractivity contribution >= 4 is 11.8 Å². The number of carbonyl (C=O) groups excluding carboxylic acids is 1. The predicted octanol–water partition coefficient (Wildman–Crippen LogP) is 3.66. The van der Waals surface area contributed by atoms with Crippen LogP contribution in [0.1, 0.15) is 24.5 Å². The summed E-state index contributed by atoms with van der Waals surface area (Å²) < 4.78 is 20.6. The van der Waals surface area contributed by atoms with Gasteiger partial charge in [0.05, 0.1) is 11.8 Å². The number of hydrogen-bond acceptors (Lipinski definition) is 4. The number of anilines is 1. The second-order valence-corrected chi connectivity index (χ2v) is 7.01. The van der Waals surface area contributed by atoms with E-state index in [4.69, 9.17) is 4.74 Å². The Hall–Kier alpha value is -3.26. The van der Waals surface area contributed by atoms with Crippen molar-refractivity contribution in [2.45, 2.75) is 25.0 Å². The van der Waals surface area contributed by atoms with E-state index in [1.54, 1.807) is 42.3 Å². The van der Waals surface area contributed by atoms with Gasteiger partial charge in [0.1, 0.15) is 5.82 Å². The number of ether oxygens (including phenoxy) is 1. The van der Waals surface area contributed by atoms with Crippen molar-refractivity contribution in [1.29, 1.82) is 0 Å². The van der Waals surface area contributed by atoms with E-state index in [0.29, 0.717) is 18.8 Å². The van der Waals surface area contributed by atoms with Gasteiger partial charge in [0.25, 0.3) is 0 Å². The number of benzene rings is 1. The van der Waals surface area contributed by atoms with Gasteiger partial charge in [0.2, 0.25) is 0 Å². The van der Waals surface area contributed by atoms with E-state index >= 15 is 0 Å². The van der Waals surface area contributed by atoms with Gasteiger partial charge in [-0.05, 0) is 54.8 Å². The molecular formula is C21H22FN5O2. The summed E-state index contributed by atoms with van der Waals surface area (Å²) in [5.41, 5.74) is 2.66. The van der Waals surface area contributed by atoms with Gasteiger partial charge in [-0.1, -0.05) is 0 Å². The summed E-state index contributed by atoms with van der Waals surface area (Å²) in [4.78, 5) is 16.5. The molecular weight excluding hydrogens is 373 g/mol. The van der Waals surface area contributed by atoms with Gasteiger partial charge >= 0.3 is 6.03 Å². The molecule has 3 heterocycles. The third kappa shape index (κ3) is 4.60. The Balaban J connectivity index is 1.37. The van der Waals surface area contributed by atoms with Crippen LogP contribution in [0.2, 0.25) is 0 Å². The fourth-order valence-corrected chi connectivity index (χ4v) is 3.50. The van der Waals surface area contributed by atoms with E-state index in [9.17, 15) is 9.18 Å². The van der Waals surface area contributed by atoms with Crippen molar-refractivity contribution in [3.8, 4) is 11.3 Å². The Labute approximate surface area is 167 Å². The minimum absolute atomic E-state index is 0.00203. The lowest BCUT2D eigenvalue weighted by Gasteiger charge is -2.30. The predicted molar refractivity (Wildman–Crippen MR) is 107 cm³/mol. The average Bonchev–Trinajstić information content (AvgIpc) is 3.09. The highest BCUT2D eigenvalue weighted by molar-refractivity contribution is 5.89. The second kappa shape index (κ2) is 8.40. The number of pyridine rings is 1. The minimum atomic E-state index is -0.311. The summed E-state index contributed by atoms with van der Waals surface area (Å²) in [6.07, 6.45) is 4.86. The lowest BCUT2D eigenvalue weighted by atomic mass is 9.98. The Bertz CT molecular complexity index is 974. The zero-order chi connectivity index (χ0) is 20.2. The summed E-state index contributed by atoms with van der Waals surface area (Å²) in [6.45, 7) is 0.580. The maximum Gasteiger partial charge on any atom is 0.320 e. The minimum Gasteiger partial charge on any atom is -0.373 e. The van der Waals surface area contributed by atoms with E-state index in [0.717, 1.165) is 23.2 Å². The molecule has 1 aliphatic heterocycles.